The van der Waals surface area contributed by atoms with Gasteiger partial charge in [0, 0.05) is 12.8 Å². The molecule has 4 heterocycles. The van der Waals surface area contributed by atoms with Crippen LogP contribution in [0.4, 0.5) is 11.9 Å². The maximum Gasteiger partial charge on any atom is 0.472 e. The zero-order chi connectivity index (χ0) is 27.8. The van der Waals surface area contributed by atoms with Gasteiger partial charge in [0.05, 0.1) is 25.6 Å². The number of aromatic nitrogens is 7. The molecule has 0 aliphatic carbocycles. The average Bonchev–Trinajstić information content (AvgIpc) is 3.40. The second-order valence-corrected chi connectivity index (χ2v) is 10.1. The number of phosphoric ester groups is 1. The van der Waals surface area contributed by atoms with E-state index in [1.54, 1.807) is 0 Å². The Morgan fingerprint density at radius 3 is 2.74 bits per heavy atom. The Morgan fingerprint density at radius 2 is 2.05 bits per heavy atom. The molecular formula is C18H26N9O10P. The minimum Gasteiger partial charge on any atom is -0.393 e. The van der Waals surface area contributed by atoms with Gasteiger partial charge in [-0.25, -0.2) is 19.3 Å². The number of fused-ring (bicyclic) bond motifs is 1. The molecule has 1 saturated heterocycles. The van der Waals surface area contributed by atoms with Crippen LogP contribution in [-0.4, -0.2) is 85.3 Å². The zero-order valence-electron chi connectivity index (χ0n) is 19.8. The van der Waals surface area contributed by atoms with Crippen molar-refractivity contribution in [3.8, 4) is 0 Å². The van der Waals surface area contributed by atoms with Gasteiger partial charge in [0.25, 0.3) is 5.56 Å². The summed E-state index contributed by atoms with van der Waals surface area (Å²) in [6, 6.07) is 0. The molecule has 9 N–H and O–H groups in total. The number of imidazole rings is 1. The van der Waals surface area contributed by atoms with E-state index in [1.807, 2.05) is 0 Å². The summed E-state index contributed by atoms with van der Waals surface area (Å²) in [7, 11) is -4.90. The lowest BCUT2D eigenvalue weighted by Gasteiger charge is -2.31. The second-order valence-electron chi connectivity index (χ2n) is 8.76. The number of phosphoric acid groups is 1. The lowest BCUT2D eigenvalue weighted by Crippen LogP contribution is -2.38. The van der Waals surface area contributed by atoms with Gasteiger partial charge in [-0.05, 0) is 6.92 Å². The number of anilines is 2. The number of hydrogen-bond acceptors (Lipinski definition) is 15. The molecule has 3 aromatic heterocycles. The van der Waals surface area contributed by atoms with Gasteiger partial charge < -0.3 is 36.4 Å². The molecule has 0 radical (unpaired) electrons. The van der Waals surface area contributed by atoms with E-state index >= 15 is 0 Å². The van der Waals surface area contributed by atoms with Gasteiger partial charge in [0.1, 0.15) is 30.5 Å². The number of nitrogens with zero attached hydrogens (tertiary/aromatic N) is 6. The standard InChI is InChI=1S/C18H26N9O10P/c1-18(5-28,3-10(30)26-7-22-15(19)25-17(26)32)37-38(33,34)35-4-9-8(29)2-11(36-9)27-6-21-12-13(27)23-16(20)24-14(12)31/h6-11,28-30H,2-5H2,1H3,(H,33,34)(H2,19,25,32)(H3,20,23,24,31)/t8-,9?,10+,11-,18-/m1/s1. The molecule has 6 atom stereocenters. The molecule has 3 aromatic rings. The van der Waals surface area contributed by atoms with Crippen LogP contribution in [0, 0.1) is 0 Å². The van der Waals surface area contributed by atoms with Gasteiger partial charge >= 0.3 is 13.5 Å². The smallest absolute Gasteiger partial charge is 0.393 e. The van der Waals surface area contributed by atoms with Gasteiger partial charge in [0.15, 0.2) is 11.2 Å². The largest absolute Gasteiger partial charge is 0.472 e. The quantitative estimate of drug-likeness (QED) is 0.125. The van der Waals surface area contributed by atoms with E-state index in [0.29, 0.717) is 4.57 Å². The van der Waals surface area contributed by atoms with Crippen molar-refractivity contribution >= 4 is 30.9 Å². The maximum atomic E-state index is 12.6. The number of nitrogens with one attached hydrogen (secondary N) is 1. The minimum absolute atomic E-state index is 0.00326. The molecule has 0 spiro atoms. The van der Waals surface area contributed by atoms with Crippen LogP contribution in [0.25, 0.3) is 11.2 Å². The van der Waals surface area contributed by atoms with Crippen molar-refractivity contribution in [2.45, 2.75) is 50.0 Å². The highest BCUT2D eigenvalue weighted by atomic mass is 31.2. The van der Waals surface area contributed by atoms with Gasteiger partial charge in [-0.15, -0.1) is 0 Å². The SMILES string of the molecule is C[C@](CO)(C[C@H](O)n1cnc(N)nc1=O)OP(=O)(O)OCC1O[C@@H](n2cnc3c(=O)[nH]c(N)nc32)C[C@H]1O. The molecule has 0 aromatic carbocycles. The van der Waals surface area contributed by atoms with Crippen LogP contribution in [0.2, 0.25) is 0 Å². The van der Waals surface area contributed by atoms with Gasteiger partial charge in [-0.2, -0.15) is 9.97 Å². The molecule has 1 aliphatic heterocycles. The number of nitrogen functional groups attached to an aromatic ring is 2. The lowest BCUT2D eigenvalue weighted by molar-refractivity contribution is -0.0709. The predicted octanol–water partition coefficient (Wildman–Crippen LogP) is -2.65. The van der Waals surface area contributed by atoms with Crippen LogP contribution in [0.5, 0.6) is 0 Å². The fourth-order valence-corrected chi connectivity index (χ4v) is 4.91. The van der Waals surface area contributed by atoms with Crippen LogP contribution < -0.4 is 22.7 Å². The lowest BCUT2D eigenvalue weighted by atomic mass is 10.0. The van der Waals surface area contributed by atoms with E-state index in [1.165, 1.54) is 17.8 Å². The third-order valence-electron chi connectivity index (χ3n) is 5.72. The Balaban J connectivity index is 1.40. The van der Waals surface area contributed by atoms with Crippen molar-refractivity contribution in [1.29, 1.82) is 0 Å². The molecule has 1 aliphatic rings. The molecule has 0 saturated carbocycles. The highest BCUT2D eigenvalue weighted by Crippen LogP contribution is 2.49. The molecule has 1 fully saturated rings. The van der Waals surface area contributed by atoms with Crippen molar-refractivity contribution in [2.24, 2.45) is 0 Å². The summed E-state index contributed by atoms with van der Waals surface area (Å²) in [4.78, 5) is 51.4. The van der Waals surface area contributed by atoms with Crippen molar-refractivity contribution in [2.75, 3.05) is 24.7 Å². The molecule has 208 valence electrons. The fraction of sp³-hybridized carbons (Fsp3) is 0.556. The van der Waals surface area contributed by atoms with Crippen molar-refractivity contribution < 1.29 is 38.6 Å². The van der Waals surface area contributed by atoms with Gasteiger partial charge in [-0.3, -0.25) is 28.0 Å². The van der Waals surface area contributed by atoms with E-state index in [9.17, 15) is 34.4 Å². The normalized spacial score (nSPS) is 23.8. The third kappa shape index (κ3) is 5.89. The first-order valence-corrected chi connectivity index (χ1v) is 12.5. The first-order chi connectivity index (χ1) is 17.8. The number of aliphatic hydroxyl groups excluding tert-OH is 3. The Bertz CT molecular complexity index is 1480. The van der Waals surface area contributed by atoms with E-state index in [0.717, 1.165) is 6.33 Å². The first-order valence-electron chi connectivity index (χ1n) is 11.0. The molecule has 19 nitrogen and oxygen atoms in total. The van der Waals surface area contributed by atoms with E-state index in [2.05, 4.69) is 24.9 Å². The van der Waals surface area contributed by atoms with E-state index in [-0.39, 0.29) is 29.5 Å². The molecule has 0 bridgehead atoms. The zero-order valence-corrected chi connectivity index (χ0v) is 20.7. The van der Waals surface area contributed by atoms with Crippen LogP contribution in [-0.2, 0) is 18.3 Å². The highest BCUT2D eigenvalue weighted by Gasteiger charge is 2.41. The molecule has 38 heavy (non-hydrogen) atoms. The highest BCUT2D eigenvalue weighted by molar-refractivity contribution is 7.47. The molecule has 2 unspecified atom stereocenters. The van der Waals surface area contributed by atoms with Crippen molar-refractivity contribution in [3.63, 3.8) is 0 Å². The molecule has 20 heteroatoms. The number of H-pyrrole nitrogens is 1. The fourth-order valence-electron chi connectivity index (χ4n) is 3.84. The first kappa shape index (κ1) is 27.7. The van der Waals surface area contributed by atoms with Gasteiger partial charge in [0.2, 0.25) is 11.9 Å². The number of nitrogens with two attached hydrogens (primary N) is 2. The third-order valence-corrected chi connectivity index (χ3v) is 6.87. The van der Waals surface area contributed by atoms with E-state index in [4.69, 9.17) is 25.3 Å². The topological polar surface area (TPSA) is 289 Å². The van der Waals surface area contributed by atoms with Crippen LogP contribution >= 0.6 is 7.82 Å². The summed E-state index contributed by atoms with van der Waals surface area (Å²) in [5.41, 5.74) is 7.65. The number of ether oxygens (including phenoxy) is 1. The number of hydrogen-bond donors (Lipinski definition) is 7. The summed E-state index contributed by atoms with van der Waals surface area (Å²) < 4.78 is 30.5. The Kier molecular flexibility index (Phi) is 7.64. The summed E-state index contributed by atoms with van der Waals surface area (Å²) in [6.45, 7) is -0.257. The Morgan fingerprint density at radius 1 is 1.32 bits per heavy atom. The van der Waals surface area contributed by atoms with Gasteiger partial charge in [-0.1, -0.05) is 0 Å². The number of aromatic amines is 1. The number of rotatable bonds is 10. The summed E-state index contributed by atoms with van der Waals surface area (Å²) in [6.07, 6.45) is -3.10. The Labute approximate surface area is 212 Å². The second kappa shape index (κ2) is 10.5. The van der Waals surface area contributed by atoms with Crippen LogP contribution in [0.3, 0.4) is 0 Å². The van der Waals surface area contributed by atoms with E-state index < -0.39 is 69.0 Å². The van der Waals surface area contributed by atoms with Crippen molar-refractivity contribution in [3.05, 3.63) is 33.5 Å². The molecule has 0 amide bonds. The van der Waals surface area contributed by atoms with Crippen LogP contribution in [0.1, 0.15) is 32.2 Å². The molecule has 4 rings (SSSR count). The number of aliphatic hydroxyl groups is 3. The predicted molar refractivity (Wildman–Crippen MR) is 126 cm³/mol. The van der Waals surface area contributed by atoms with Crippen molar-refractivity contribution in [1.82, 2.24) is 34.1 Å². The minimum atomic E-state index is -4.90. The Hall–Kier alpha value is -3.29. The monoisotopic (exact) mass is 559 g/mol. The summed E-state index contributed by atoms with van der Waals surface area (Å²) in [5.74, 6) is -0.464. The maximum absolute atomic E-state index is 12.6. The summed E-state index contributed by atoms with van der Waals surface area (Å²) in [5, 5.41) is 30.6. The summed E-state index contributed by atoms with van der Waals surface area (Å²) >= 11 is 0. The van der Waals surface area contributed by atoms with Crippen LogP contribution in [0.15, 0.2) is 22.2 Å². The molecular weight excluding hydrogens is 533 g/mol. The average molecular weight is 559 g/mol.